The first-order valence-corrected chi connectivity index (χ1v) is 4.46. The van der Waals surface area contributed by atoms with Gasteiger partial charge in [0.1, 0.15) is 5.76 Å². The van der Waals surface area contributed by atoms with E-state index in [2.05, 4.69) is 9.84 Å². The van der Waals surface area contributed by atoms with Crippen molar-refractivity contribution in [2.24, 2.45) is 7.05 Å². The van der Waals surface area contributed by atoms with E-state index >= 15 is 0 Å². The monoisotopic (exact) mass is 210 g/mol. The van der Waals surface area contributed by atoms with Crippen LogP contribution in [0.5, 0.6) is 0 Å². The van der Waals surface area contributed by atoms with Crippen LogP contribution in [-0.4, -0.2) is 28.0 Å². The van der Waals surface area contributed by atoms with Crippen LogP contribution in [-0.2, 0) is 16.6 Å². The summed E-state index contributed by atoms with van der Waals surface area (Å²) in [5.41, 5.74) is 2.04. The number of ether oxygens (including phenoxy) is 1. The zero-order chi connectivity index (χ0) is 11.6. The van der Waals surface area contributed by atoms with Gasteiger partial charge in [0.05, 0.1) is 24.4 Å². The minimum atomic E-state index is -0.588. The van der Waals surface area contributed by atoms with Gasteiger partial charge in [0, 0.05) is 12.7 Å². The second-order valence-corrected chi connectivity index (χ2v) is 3.22. The van der Waals surface area contributed by atoms with Crippen LogP contribution in [0.3, 0.4) is 0 Å². The van der Waals surface area contributed by atoms with Crippen molar-refractivity contribution in [1.29, 1.82) is 0 Å². The van der Waals surface area contributed by atoms with Gasteiger partial charge in [0.15, 0.2) is 0 Å². The Morgan fingerprint density at radius 3 is 2.53 bits per heavy atom. The summed E-state index contributed by atoms with van der Waals surface area (Å²) in [5.74, 6) is -0.708. The van der Waals surface area contributed by atoms with E-state index < -0.39 is 5.97 Å². The summed E-state index contributed by atoms with van der Waals surface area (Å²) in [6, 6.07) is 0. The van der Waals surface area contributed by atoms with Crippen molar-refractivity contribution in [3.63, 3.8) is 0 Å². The Morgan fingerprint density at radius 2 is 2.13 bits per heavy atom. The summed E-state index contributed by atoms with van der Waals surface area (Å²) in [5, 5.41) is 13.8. The largest absolute Gasteiger partial charge is 0.507 e. The molecule has 0 fully saturated rings. The van der Waals surface area contributed by atoms with Crippen LogP contribution in [0.1, 0.15) is 17.0 Å². The van der Waals surface area contributed by atoms with E-state index in [0.717, 1.165) is 11.8 Å². The maximum Gasteiger partial charge on any atom is 0.334 e. The fraction of sp³-hybridized carbons (Fsp3) is 0.400. The number of aryl methyl sites for hydroxylation is 2. The maximum absolute atomic E-state index is 10.9. The molecular weight excluding hydrogens is 196 g/mol. The number of rotatable bonds is 2. The number of nitrogens with zero attached hydrogens (tertiary/aromatic N) is 2. The van der Waals surface area contributed by atoms with Gasteiger partial charge in [-0.1, -0.05) is 0 Å². The number of carbonyl (C=O) groups excluding carboxylic acids is 1. The van der Waals surface area contributed by atoms with Crippen LogP contribution in [0, 0.1) is 13.8 Å². The Kier molecular flexibility index (Phi) is 3.14. The van der Waals surface area contributed by atoms with E-state index in [9.17, 15) is 9.90 Å². The predicted molar refractivity (Wildman–Crippen MR) is 55.3 cm³/mol. The summed E-state index contributed by atoms with van der Waals surface area (Å²) >= 11 is 0. The molecule has 1 N–H and O–H groups in total. The zero-order valence-corrected chi connectivity index (χ0v) is 9.24. The van der Waals surface area contributed by atoms with E-state index in [4.69, 9.17) is 0 Å². The summed E-state index contributed by atoms with van der Waals surface area (Å²) in [6.45, 7) is 3.58. The van der Waals surface area contributed by atoms with Gasteiger partial charge >= 0.3 is 5.97 Å². The van der Waals surface area contributed by atoms with Gasteiger partial charge in [0.2, 0.25) is 0 Å². The first-order valence-electron chi connectivity index (χ1n) is 4.46. The molecule has 5 nitrogen and oxygen atoms in total. The van der Waals surface area contributed by atoms with Crippen LogP contribution in [0.25, 0.3) is 5.76 Å². The highest BCUT2D eigenvalue weighted by Crippen LogP contribution is 2.19. The SMILES string of the molecule is COC(=O)C=C(O)c1c(C)nn(C)c1C. The molecule has 82 valence electrons. The van der Waals surface area contributed by atoms with Crippen molar-refractivity contribution in [2.75, 3.05) is 7.11 Å². The fourth-order valence-electron chi connectivity index (χ4n) is 1.39. The van der Waals surface area contributed by atoms with Crippen molar-refractivity contribution in [3.05, 3.63) is 23.0 Å². The summed E-state index contributed by atoms with van der Waals surface area (Å²) in [6.07, 6.45) is 1.04. The molecule has 0 atom stereocenters. The van der Waals surface area contributed by atoms with Gasteiger partial charge in [-0.15, -0.1) is 0 Å². The quantitative estimate of drug-likeness (QED) is 0.451. The summed E-state index contributed by atoms with van der Waals surface area (Å²) in [7, 11) is 3.03. The lowest BCUT2D eigenvalue weighted by molar-refractivity contribution is -0.134. The molecule has 0 bridgehead atoms. The average molecular weight is 210 g/mol. The van der Waals surface area contributed by atoms with Gasteiger partial charge in [-0.25, -0.2) is 4.79 Å². The van der Waals surface area contributed by atoms with Gasteiger partial charge < -0.3 is 9.84 Å². The minimum absolute atomic E-state index is 0.120. The molecule has 15 heavy (non-hydrogen) atoms. The smallest absolute Gasteiger partial charge is 0.334 e. The second-order valence-electron chi connectivity index (χ2n) is 3.22. The molecule has 0 aliphatic heterocycles. The van der Waals surface area contributed by atoms with Crippen LogP contribution < -0.4 is 0 Å². The van der Waals surface area contributed by atoms with Gasteiger partial charge in [-0.05, 0) is 13.8 Å². The van der Waals surface area contributed by atoms with E-state index in [1.54, 1.807) is 18.7 Å². The molecule has 0 amide bonds. The molecule has 0 aliphatic rings. The molecule has 5 heteroatoms. The molecule has 0 saturated heterocycles. The van der Waals surface area contributed by atoms with Crippen molar-refractivity contribution >= 4 is 11.7 Å². The van der Waals surface area contributed by atoms with Crippen LogP contribution in [0.15, 0.2) is 6.08 Å². The number of aliphatic hydroxyl groups excluding tert-OH is 1. The van der Waals surface area contributed by atoms with Crippen LogP contribution >= 0.6 is 0 Å². The molecule has 0 unspecified atom stereocenters. The van der Waals surface area contributed by atoms with E-state index in [1.165, 1.54) is 7.11 Å². The Bertz CT molecular complexity index is 419. The second kappa shape index (κ2) is 4.16. The minimum Gasteiger partial charge on any atom is -0.507 e. The number of aromatic nitrogens is 2. The Morgan fingerprint density at radius 1 is 1.53 bits per heavy atom. The molecule has 0 aliphatic carbocycles. The topological polar surface area (TPSA) is 64.3 Å². The number of carbonyl (C=O) groups is 1. The van der Waals surface area contributed by atoms with Crippen LogP contribution in [0.4, 0.5) is 0 Å². The lowest BCUT2D eigenvalue weighted by atomic mass is 10.1. The first kappa shape index (κ1) is 11.3. The molecule has 1 aromatic heterocycles. The number of aliphatic hydroxyl groups is 1. The number of esters is 1. The zero-order valence-electron chi connectivity index (χ0n) is 9.24. The Balaban J connectivity index is 3.16. The Labute approximate surface area is 88.0 Å². The molecular formula is C10H14N2O3. The van der Waals surface area contributed by atoms with Gasteiger partial charge in [-0.3, -0.25) is 4.68 Å². The average Bonchev–Trinajstić information content (AvgIpc) is 2.41. The maximum atomic E-state index is 10.9. The molecule has 1 heterocycles. The molecule has 0 aromatic carbocycles. The summed E-state index contributed by atoms with van der Waals surface area (Å²) < 4.78 is 6.07. The van der Waals surface area contributed by atoms with Crippen molar-refractivity contribution in [2.45, 2.75) is 13.8 Å². The Hall–Kier alpha value is -1.78. The molecule has 0 radical (unpaired) electrons. The van der Waals surface area contributed by atoms with Gasteiger partial charge in [0.25, 0.3) is 0 Å². The predicted octanol–water partition coefficient (Wildman–Crippen LogP) is 1.11. The summed E-state index contributed by atoms with van der Waals surface area (Å²) in [4.78, 5) is 10.9. The van der Waals surface area contributed by atoms with E-state index in [-0.39, 0.29) is 5.76 Å². The van der Waals surface area contributed by atoms with E-state index in [0.29, 0.717) is 11.3 Å². The van der Waals surface area contributed by atoms with Gasteiger partial charge in [-0.2, -0.15) is 5.10 Å². The molecule has 0 spiro atoms. The van der Waals surface area contributed by atoms with Crippen LogP contribution in [0.2, 0.25) is 0 Å². The third-order valence-electron chi connectivity index (χ3n) is 2.22. The lowest BCUT2D eigenvalue weighted by Gasteiger charge is -2.00. The molecule has 0 saturated carbocycles. The molecule has 1 rings (SSSR count). The number of hydrogen-bond acceptors (Lipinski definition) is 4. The molecule has 1 aromatic rings. The normalized spacial score (nSPS) is 11.6. The third kappa shape index (κ3) is 2.18. The standard InChI is InChI=1S/C10H14N2O3/c1-6-10(7(2)12(3)11-6)8(13)5-9(14)15-4/h5,13H,1-4H3. The fourth-order valence-corrected chi connectivity index (χ4v) is 1.39. The highest BCUT2D eigenvalue weighted by molar-refractivity contribution is 5.89. The number of methoxy groups -OCH3 is 1. The highest BCUT2D eigenvalue weighted by Gasteiger charge is 2.14. The number of hydrogen-bond donors (Lipinski definition) is 1. The van der Waals surface area contributed by atoms with Crippen molar-refractivity contribution in [1.82, 2.24) is 9.78 Å². The van der Waals surface area contributed by atoms with E-state index in [1.807, 2.05) is 6.92 Å². The lowest BCUT2D eigenvalue weighted by Crippen LogP contribution is -1.98. The van der Waals surface area contributed by atoms with Crippen molar-refractivity contribution < 1.29 is 14.6 Å². The highest BCUT2D eigenvalue weighted by atomic mass is 16.5. The first-order chi connectivity index (χ1) is 6.97. The third-order valence-corrected chi connectivity index (χ3v) is 2.22. The van der Waals surface area contributed by atoms with Crippen molar-refractivity contribution in [3.8, 4) is 0 Å².